The summed E-state index contributed by atoms with van der Waals surface area (Å²) in [5.74, 6) is 1.89. The van der Waals surface area contributed by atoms with E-state index in [0.717, 1.165) is 11.7 Å². The average molecular weight is 295 g/mol. The number of para-hydroxylation sites is 1. The highest BCUT2D eigenvalue weighted by Crippen LogP contribution is 2.65. The third kappa shape index (κ3) is 1.36. The maximum Gasteiger partial charge on any atom is 0.137 e. The van der Waals surface area contributed by atoms with Crippen molar-refractivity contribution in [2.75, 3.05) is 13.1 Å². The van der Waals surface area contributed by atoms with Crippen molar-refractivity contribution in [2.24, 2.45) is 5.92 Å². The van der Waals surface area contributed by atoms with Crippen molar-refractivity contribution in [3.05, 3.63) is 42.0 Å². The largest absolute Gasteiger partial charge is 0.482 e. The van der Waals surface area contributed by atoms with Crippen LogP contribution in [0.4, 0.5) is 0 Å². The first-order chi connectivity index (χ1) is 10.8. The number of benzene rings is 1. The number of hydrogen-bond acceptors (Lipinski definition) is 2. The van der Waals surface area contributed by atoms with Gasteiger partial charge >= 0.3 is 0 Å². The standard InChI is InChI=1S/C20H25NO/c1-2-13-21-14-12-20-15-7-5-10-19(20,11-9-17(15)21)22-18-8-4-3-6-16(18)20/h3-4,6,8-9,11,15,17H,2,5,7,10,12-14H2,1H3. The van der Waals surface area contributed by atoms with Crippen molar-refractivity contribution in [2.45, 2.75) is 56.1 Å². The molecule has 4 atom stereocenters. The fourth-order valence-corrected chi connectivity index (χ4v) is 6.10. The van der Waals surface area contributed by atoms with Crippen LogP contribution < -0.4 is 4.74 Å². The second-order valence-electron chi connectivity index (χ2n) is 7.59. The van der Waals surface area contributed by atoms with Crippen LogP contribution in [0.2, 0.25) is 0 Å². The number of fused-ring (bicyclic) bond motifs is 1. The minimum absolute atomic E-state index is 0.0472. The Morgan fingerprint density at radius 1 is 1.27 bits per heavy atom. The summed E-state index contributed by atoms with van der Waals surface area (Å²) in [6, 6.07) is 9.49. The molecule has 1 saturated carbocycles. The molecule has 2 aliphatic heterocycles. The van der Waals surface area contributed by atoms with Gasteiger partial charge in [-0.15, -0.1) is 0 Å². The second-order valence-corrected chi connectivity index (χ2v) is 7.59. The highest BCUT2D eigenvalue weighted by atomic mass is 16.5. The van der Waals surface area contributed by atoms with E-state index in [4.69, 9.17) is 4.74 Å². The minimum atomic E-state index is -0.0472. The average Bonchev–Trinajstić information content (AvgIpc) is 2.82. The summed E-state index contributed by atoms with van der Waals surface area (Å²) in [5.41, 5.74) is 1.70. The third-order valence-electron chi connectivity index (χ3n) is 6.81. The number of likely N-dealkylation sites (tertiary alicyclic amines) is 1. The molecule has 1 spiro atoms. The van der Waals surface area contributed by atoms with E-state index in [1.165, 1.54) is 50.8 Å². The Balaban J connectivity index is 1.70. The van der Waals surface area contributed by atoms with E-state index in [1.807, 2.05) is 0 Å². The van der Waals surface area contributed by atoms with E-state index in [9.17, 15) is 0 Å². The van der Waals surface area contributed by atoms with Gasteiger partial charge in [0, 0.05) is 17.0 Å². The summed E-state index contributed by atoms with van der Waals surface area (Å²) < 4.78 is 6.64. The lowest BCUT2D eigenvalue weighted by Gasteiger charge is -2.61. The van der Waals surface area contributed by atoms with Gasteiger partial charge in [0.2, 0.25) is 0 Å². The predicted octanol–water partition coefficient (Wildman–Crippen LogP) is 3.91. The van der Waals surface area contributed by atoms with E-state index in [-0.39, 0.29) is 11.0 Å². The first kappa shape index (κ1) is 13.2. The van der Waals surface area contributed by atoms with Crippen molar-refractivity contribution in [3.8, 4) is 5.75 Å². The van der Waals surface area contributed by atoms with Crippen LogP contribution in [0.5, 0.6) is 5.75 Å². The maximum absolute atomic E-state index is 6.64. The van der Waals surface area contributed by atoms with Gasteiger partial charge in [-0.1, -0.05) is 31.2 Å². The molecule has 0 aromatic heterocycles. The maximum atomic E-state index is 6.64. The van der Waals surface area contributed by atoms with Gasteiger partial charge < -0.3 is 4.74 Å². The zero-order valence-corrected chi connectivity index (χ0v) is 13.4. The lowest BCUT2D eigenvalue weighted by molar-refractivity contribution is -0.0814. The highest BCUT2D eigenvalue weighted by Gasteiger charge is 2.68. The monoisotopic (exact) mass is 295 g/mol. The Hall–Kier alpha value is -1.28. The van der Waals surface area contributed by atoms with Crippen LogP contribution in [-0.2, 0) is 5.41 Å². The molecule has 2 aliphatic carbocycles. The molecular weight excluding hydrogens is 270 g/mol. The van der Waals surface area contributed by atoms with Crippen LogP contribution in [0.3, 0.4) is 0 Å². The van der Waals surface area contributed by atoms with Crippen LogP contribution in [-0.4, -0.2) is 29.6 Å². The van der Waals surface area contributed by atoms with E-state index in [0.29, 0.717) is 6.04 Å². The molecule has 0 N–H and O–H groups in total. The van der Waals surface area contributed by atoms with E-state index < -0.39 is 0 Å². The fourth-order valence-electron chi connectivity index (χ4n) is 6.10. The fraction of sp³-hybridized carbons (Fsp3) is 0.600. The third-order valence-corrected chi connectivity index (χ3v) is 6.81. The molecule has 116 valence electrons. The lowest BCUT2D eigenvalue weighted by atomic mass is 9.48. The van der Waals surface area contributed by atoms with E-state index >= 15 is 0 Å². The number of nitrogens with zero attached hydrogens (tertiary/aromatic N) is 1. The summed E-state index contributed by atoms with van der Waals surface area (Å²) in [7, 11) is 0. The van der Waals surface area contributed by atoms with Crippen molar-refractivity contribution in [1.82, 2.24) is 4.90 Å². The van der Waals surface area contributed by atoms with Gasteiger partial charge in [-0.05, 0) is 63.3 Å². The van der Waals surface area contributed by atoms with Crippen molar-refractivity contribution in [1.29, 1.82) is 0 Å². The number of piperidine rings is 1. The lowest BCUT2D eigenvalue weighted by Crippen LogP contribution is -2.68. The molecule has 1 aromatic rings. The minimum Gasteiger partial charge on any atom is -0.482 e. The van der Waals surface area contributed by atoms with E-state index in [2.05, 4.69) is 48.2 Å². The Bertz CT molecular complexity index is 638. The van der Waals surface area contributed by atoms with Gasteiger partial charge in [-0.2, -0.15) is 0 Å². The Morgan fingerprint density at radius 2 is 2.18 bits per heavy atom. The number of rotatable bonds is 2. The zero-order chi connectivity index (χ0) is 14.8. The summed E-state index contributed by atoms with van der Waals surface area (Å²) in [6.45, 7) is 4.76. The van der Waals surface area contributed by atoms with E-state index in [1.54, 1.807) is 0 Å². The van der Waals surface area contributed by atoms with Crippen molar-refractivity contribution < 1.29 is 4.74 Å². The summed E-state index contributed by atoms with van der Waals surface area (Å²) >= 11 is 0. The van der Waals surface area contributed by atoms with Crippen LogP contribution in [0, 0.1) is 5.92 Å². The molecule has 4 bridgehead atoms. The van der Waals surface area contributed by atoms with Gasteiger partial charge in [-0.25, -0.2) is 0 Å². The van der Waals surface area contributed by atoms with Gasteiger partial charge in [0.1, 0.15) is 11.4 Å². The molecule has 1 aromatic carbocycles. The topological polar surface area (TPSA) is 12.5 Å². The van der Waals surface area contributed by atoms with Crippen molar-refractivity contribution >= 4 is 0 Å². The Morgan fingerprint density at radius 3 is 3.09 bits per heavy atom. The SMILES string of the molecule is CCCN1CCC23c4ccccc4OC24C=CC1C3CCC4. The Labute approximate surface area is 133 Å². The molecule has 4 aliphatic rings. The molecule has 0 amide bonds. The number of ether oxygens (including phenoxy) is 1. The first-order valence-corrected chi connectivity index (χ1v) is 9.03. The van der Waals surface area contributed by atoms with Crippen LogP contribution in [0.1, 0.15) is 44.6 Å². The van der Waals surface area contributed by atoms with Gasteiger partial charge in [0.15, 0.2) is 0 Å². The normalized spacial score (nSPS) is 41.7. The molecule has 2 fully saturated rings. The molecule has 5 rings (SSSR count). The molecule has 2 heteroatoms. The summed E-state index contributed by atoms with van der Waals surface area (Å²) in [5, 5.41) is 0. The first-order valence-electron chi connectivity index (χ1n) is 9.03. The molecular formula is C20H25NO. The predicted molar refractivity (Wildman–Crippen MR) is 88.2 cm³/mol. The summed E-state index contributed by atoms with van der Waals surface area (Å²) in [6.07, 6.45) is 11.3. The Kier molecular flexibility index (Phi) is 2.63. The van der Waals surface area contributed by atoms with Gasteiger partial charge in [-0.3, -0.25) is 4.90 Å². The second kappa shape index (κ2) is 4.38. The van der Waals surface area contributed by atoms with Crippen LogP contribution in [0.25, 0.3) is 0 Å². The van der Waals surface area contributed by atoms with Gasteiger partial charge in [0.05, 0.1) is 0 Å². The molecule has 1 saturated heterocycles. The molecule has 22 heavy (non-hydrogen) atoms. The quantitative estimate of drug-likeness (QED) is 0.767. The van der Waals surface area contributed by atoms with Gasteiger partial charge in [0.25, 0.3) is 0 Å². The smallest absolute Gasteiger partial charge is 0.137 e. The zero-order valence-electron chi connectivity index (χ0n) is 13.4. The van der Waals surface area contributed by atoms with Crippen LogP contribution >= 0.6 is 0 Å². The molecule has 2 heterocycles. The number of hydrogen-bond donors (Lipinski definition) is 0. The molecule has 2 nitrogen and oxygen atoms in total. The molecule has 0 radical (unpaired) electrons. The summed E-state index contributed by atoms with van der Waals surface area (Å²) in [4.78, 5) is 2.72. The van der Waals surface area contributed by atoms with Crippen molar-refractivity contribution in [3.63, 3.8) is 0 Å². The molecule has 4 unspecified atom stereocenters. The van der Waals surface area contributed by atoms with Crippen LogP contribution in [0.15, 0.2) is 36.4 Å². The highest BCUT2D eigenvalue weighted by molar-refractivity contribution is 5.53.